The number of benzene rings is 1. The maximum Gasteiger partial charge on any atom is 0.253 e. The van der Waals surface area contributed by atoms with Crippen LogP contribution in [0.4, 0.5) is 0 Å². The van der Waals surface area contributed by atoms with Gasteiger partial charge < -0.3 is 19.7 Å². The number of nitrogens with zero attached hydrogens (tertiary/aromatic N) is 1. The summed E-state index contributed by atoms with van der Waals surface area (Å²) in [7, 11) is 3.13. The Labute approximate surface area is 155 Å². The molecule has 1 aromatic carbocycles. The minimum atomic E-state index is -0.371. The molecule has 0 aromatic heterocycles. The summed E-state index contributed by atoms with van der Waals surface area (Å²) < 4.78 is 10.5. The van der Waals surface area contributed by atoms with Gasteiger partial charge in [0.25, 0.3) is 5.91 Å². The van der Waals surface area contributed by atoms with Crippen molar-refractivity contribution in [2.75, 3.05) is 33.9 Å². The number of piperidine rings is 1. The zero-order chi connectivity index (χ0) is 19.3. The molecule has 0 bridgehead atoms. The maximum absolute atomic E-state index is 12.7. The Morgan fingerprint density at radius 2 is 1.73 bits per heavy atom. The Morgan fingerprint density at radius 1 is 1.12 bits per heavy atom. The van der Waals surface area contributed by atoms with Crippen LogP contribution in [0.25, 0.3) is 0 Å². The molecule has 1 N–H and O–H groups in total. The van der Waals surface area contributed by atoms with E-state index in [1.807, 2.05) is 25.7 Å². The molecule has 0 spiro atoms. The molecule has 1 fully saturated rings. The number of rotatable bonds is 5. The molecule has 1 saturated heterocycles. The van der Waals surface area contributed by atoms with E-state index < -0.39 is 0 Å². The fourth-order valence-electron chi connectivity index (χ4n) is 2.99. The molecule has 0 aliphatic carbocycles. The van der Waals surface area contributed by atoms with Gasteiger partial charge in [-0.3, -0.25) is 9.59 Å². The lowest BCUT2D eigenvalue weighted by molar-refractivity contribution is -0.128. The van der Waals surface area contributed by atoms with Gasteiger partial charge in [-0.25, -0.2) is 0 Å². The molecule has 1 aromatic rings. The van der Waals surface area contributed by atoms with Crippen LogP contribution in [0.5, 0.6) is 11.5 Å². The molecular formula is C20H30N2O4. The van der Waals surface area contributed by atoms with Gasteiger partial charge in [-0.15, -0.1) is 0 Å². The average Bonchev–Trinajstić information content (AvgIpc) is 2.64. The lowest BCUT2D eigenvalue weighted by Gasteiger charge is -2.32. The number of nitrogens with one attached hydrogen (secondary N) is 1. The van der Waals surface area contributed by atoms with Crippen molar-refractivity contribution >= 4 is 11.8 Å². The molecule has 0 saturated carbocycles. The van der Waals surface area contributed by atoms with E-state index in [0.29, 0.717) is 42.6 Å². The van der Waals surface area contributed by atoms with Gasteiger partial charge in [0, 0.05) is 30.6 Å². The maximum atomic E-state index is 12.7. The van der Waals surface area contributed by atoms with Crippen molar-refractivity contribution in [3.05, 3.63) is 23.8 Å². The summed E-state index contributed by atoms with van der Waals surface area (Å²) in [5, 5.41) is 3.02. The third-order valence-electron chi connectivity index (χ3n) is 4.76. The molecule has 0 radical (unpaired) electrons. The first-order valence-electron chi connectivity index (χ1n) is 9.06. The molecule has 26 heavy (non-hydrogen) atoms. The largest absolute Gasteiger partial charge is 0.493 e. The fourth-order valence-corrected chi connectivity index (χ4v) is 2.99. The van der Waals surface area contributed by atoms with Crippen molar-refractivity contribution < 1.29 is 19.1 Å². The van der Waals surface area contributed by atoms with E-state index in [9.17, 15) is 9.59 Å². The predicted octanol–water partition coefficient (Wildman–Crippen LogP) is 2.72. The fraction of sp³-hybridized carbons (Fsp3) is 0.600. The molecule has 1 heterocycles. The lowest BCUT2D eigenvalue weighted by atomic mass is 9.93. The van der Waals surface area contributed by atoms with Crippen molar-refractivity contribution in [1.29, 1.82) is 0 Å². The van der Waals surface area contributed by atoms with Crippen LogP contribution in [0, 0.1) is 11.3 Å². The standard InChI is InChI=1S/C20H30N2O4/c1-20(2,3)19(24)21-13-14-8-10-22(11-9-14)18(23)15-6-7-16(25-4)17(12-15)26-5/h6-7,12,14H,8-11,13H2,1-5H3,(H,21,24). The van der Waals surface area contributed by atoms with Gasteiger partial charge in [0.05, 0.1) is 14.2 Å². The highest BCUT2D eigenvalue weighted by atomic mass is 16.5. The van der Waals surface area contributed by atoms with Crippen LogP contribution in [-0.2, 0) is 4.79 Å². The first-order chi connectivity index (χ1) is 12.3. The zero-order valence-electron chi connectivity index (χ0n) is 16.4. The van der Waals surface area contributed by atoms with Crippen LogP contribution in [-0.4, -0.2) is 50.6 Å². The Bertz CT molecular complexity index is 644. The third kappa shape index (κ3) is 4.90. The molecule has 1 aliphatic heterocycles. The number of methoxy groups -OCH3 is 2. The number of hydrogen-bond donors (Lipinski definition) is 1. The van der Waals surface area contributed by atoms with Crippen LogP contribution in [0.2, 0.25) is 0 Å². The monoisotopic (exact) mass is 362 g/mol. The average molecular weight is 362 g/mol. The first-order valence-corrected chi connectivity index (χ1v) is 9.06. The summed E-state index contributed by atoms with van der Waals surface area (Å²) in [6, 6.07) is 5.23. The highest BCUT2D eigenvalue weighted by Gasteiger charge is 2.26. The quantitative estimate of drug-likeness (QED) is 0.874. The van der Waals surface area contributed by atoms with E-state index in [0.717, 1.165) is 12.8 Å². The molecule has 2 amide bonds. The number of ether oxygens (including phenoxy) is 2. The van der Waals surface area contributed by atoms with Crippen LogP contribution in [0.3, 0.4) is 0 Å². The van der Waals surface area contributed by atoms with Crippen molar-refractivity contribution in [3.8, 4) is 11.5 Å². The Hall–Kier alpha value is -2.24. The number of amides is 2. The number of hydrogen-bond acceptors (Lipinski definition) is 4. The van der Waals surface area contributed by atoms with E-state index in [1.54, 1.807) is 32.4 Å². The van der Waals surface area contributed by atoms with Crippen LogP contribution in [0.1, 0.15) is 44.0 Å². The van der Waals surface area contributed by atoms with E-state index in [1.165, 1.54) is 0 Å². The van der Waals surface area contributed by atoms with Crippen LogP contribution < -0.4 is 14.8 Å². The summed E-state index contributed by atoms with van der Waals surface area (Å²) >= 11 is 0. The van der Waals surface area contributed by atoms with E-state index in [2.05, 4.69) is 5.32 Å². The van der Waals surface area contributed by atoms with Gasteiger partial charge in [-0.2, -0.15) is 0 Å². The van der Waals surface area contributed by atoms with Gasteiger partial charge in [-0.05, 0) is 37.0 Å². The molecule has 144 valence electrons. The summed E-state index contributed by atoms with van der Waals surface area (Å²) in [6.45, 7) is 7.80. The van der Waals surface area contributed by atoms with Gasteiger partial charge in [0.1, 0.15) is 0 Å². The van der Waals surface area contributed by atoms with Gasteiger partial charge >= 0.3 is 0 Å². The van der Waals surface area contributed by atoms with E-state index in [4.69, 9.17) is 9.47 Å². The third-order valence-corrected chi connectivity index (χ3v) is 4.76. The highest BCUT2D eigenvalue weighted by Crippen LogP contribution is 2.28. The lowest BCUT2D eigenvalue weighted by Crippen LogP contribution is -2.43. The van der Waals surface area contributed by atoms with Crippen molar-refractivity contribution in [2.45, 2.75) is 33.6 Å². The van der Waals surface area contributed by atoms with Crippen LogP contribution in [0.15, 0.2) is 18.2 Å². The minimum absolute atomic E-state index is 0.00290. The SMILES string of the molecule is COc1ccc(C(=O)N2CCC(CNC(=O)C(C)(C)C)CC2)cc1OC. The number of likely N-dealkylation sites (tertiary alicyclic amines) is 1. The molecular weight excluding hydrogens is 332 g/mol. The number of carbonyl (C=O) groups excluding carboxylic acids is 2. The highest BCUT2D eigenvalue weighted by molar-refractivity contribution is 5.95. The van der Waals surface area contributed by atoms with E-state index >= 15 is 0 Å². The predicted molar refractivity (Wildman–Crippen MR) is 101 cm³/mol. The molecule has 0 atom stereocenters. The Balaban J connectivity index is 1.89. The van der Waals surface area contributed by atoms with Gasteiger partial charge in [0.15, 0.2) is 11.5 Å². The Kier molecular flexibility index (Phi) is 6.51. The van der Waals surface area contributed by atoms with Crippen molar-refractivity contribution in [2.24, 2.45) is 11.3 Å². The summed E-state index contributed by atoms with van der Waals surface area (Å²) in [6.07, 6.45) is 1.78. The number of carbonyl (C=O) groups is 2. The van der Waals surface area contributed by atoms with Crippen molar-refractivity contribution in [3.63, 3.8) is 0 Å². The summed E-state index contributed by atoms with van der Waals surface area (Å²) in [5.74, 6) is 1.65. The van der Waals surface area contributed by atoms with Crippen LogP contribution >= 0.6 is 0 Å². The van der Waals surface area contributed by atoms with Gasteiger partial charge in [0.2, 0.25) is 5.91 Å². The first kappa shape index (κ1) is 20.1. The molecule has 6 heteroatoms. The van der Waals surface area contributed by atoms with Crippen molar-refractivity contribution in [1.82, 2.24) is 10.2 Å². The summed E-state index contributed by atoms with van der Waals surface area (Å²) in [5.41, 5.74) is 0.228. The zero-order valence-corrected chi connectivity index (χ0v) is 16.4. The molecule has 2 rings (SSSR count). The second-order valence-electron chi connectivity index (χ2n) is 7.77. The van der Waals surface area contributed by atoms with Gasteiger partial charge in [-0.1, -0.05) is 20.8 Å². The smallest absolute Gasteiger partial charge is 0.253 e. The molecule has 6 nitrogen and oxygen atoms in total. The second-order valence-corrected chi connectivity index (χ2v) is 7.77. The normalized spacial score (nSPS) is 15.5. The molecule has 1 aliphatic rings. The van der Waals surface area contributed by atoms with E-state index in [-0.39, 0.29) is 17.2 Å². The minimum Gasteiger partial charge on any atom is -0.493 e. The second kappa shape index (κ2) is 8.43. The Morgan fingerprint density at radius 3 is 2.27 bits per heavy atom. The summed E-state index contributed by atoms with van der Waals surface area (Å²) in [4.78, 5) is 26.6. The molecule has 0 unspecified atom stereocenters. The topological polar surface area (TPSA) is 67.9 Å².